The van der Waals surface area contributed by atoms with Crippen molar-refractivity contribution in [2.45, 2.75) is 13.8 Å². The third-order valence-corrected chi connectivity index (χ3v) is 2.31. The number of hydrogen-bond donors (Lipinski definition) is 0. The van der Waals surface area contributed by atoms with Crippen molar-refractivity contribution in [3.8, 4) is 5.75 Å². The van der Waals surface area contributed by atoms with E-state index in [0.717, 1.165) is 22.7 Å². The van der Waals surface area contributed by atoms with Crippen LogP contribution < -0.4 is 23.4 Å². The fraction of sp³-hybridized carbons (Fsp3) is 0.250. The molecule has 0 aliphatic heterocycles. The zero-order chi connectivity index (χ0) is 14.6. The molecule has 0 fully saturated rings. The Hall–Kier alpha value is -1.44. The Balaban J connectivity index is 0.000000312. The van der Waals surface area contributed by atoms with Crippen molar-refractivity contribution in [2.75, 3.05) is 7.11 Å². The zero-order valence-electron chi connectivity index (χ0n) is 10.6. The summed E-state index contributed by atoms with van der Waals surface area (Å²) in [6.45, 7) is 3.92. The molecule has 0 amide bonds. The Morgan fingerprint density at radius 2 is 1.63 bits per heavy atom. The molecule has 1 heterocycles. The Morgan fingerprint density at radius 1 is 1.05 bits per heavy atom. The largest absolute Gasteiger partial charge is 0.497 e. The van der Waals surface area contributed by atoms with Crippen LogP contribution in [0.15, 0.2) is 28.7 Å². The summed E-state index contributed by atoms with van der Waals surface area (Å²) in [5.41, 5.74) is 0. The molecule has 0 aliphatic rings. The lowest BCUT2D eigenvalue weighted by atomic mass is 10.1. The lowest BCUT2D eigenvalue weighted by Crippen LogP contribution is -2.68. The van der Waals surface area contributed by atoms with Gasteiger partial charge in [-0.3, -0.25) is 0 Å². The van der Waals surface area contributed by atoms with Crippen molar-refractivity contribution in [3.63, 3.8) is 0 Å². The van der Waals surface area contributed by atoms with E-state index in [2.05, 4.69) is 0 Å². The van der Waals surface area contributed by atoms with Gasteiger partial charge in [-0.2, -0.15) is 0 Å². The zero-order valence-corrected chi connectivity index (χ0v) is 11.4. The van der Waals surface area contributed by atoms with E-state index in [1.54, 1.807) is 7.11 Å². The average Bonchev–Trinajstić information content (AvgIpc) is 2.26. The fourth-order valence-electron chi connectivity index (χ4n) is 1.64. The number of ether oxygens (including phenoxy) is 1. The minimum absolute atomic E-state index is 0.861. The molecule has 1 aromatic heterocycles. The number of fused-ring (bicyclic) bond motifs is 1. The van der Waals surface area contributed by atoms with E-state index in [-0.39, 0.29) is 0 Å². The third-order valence-electron chi connectivity index (χ3n) is 2.31. The third kappa shape index (κ3) is 5.37. The molecular formula is C12H13ClO6. The second-order valence-electron chi connectivity index (χ2n) is 3.74. The summed E-state index contributed by atoms with van der Waals surface area (Å²) in [5.74, 6) is 2.72. The van der Waals surface area contributed by atoms with Crippen molar-refractivity contribution in [1.82, 2.24) is 0 Å². The Morgan fingerprint density at radius 3 is 2.16 bits per heavy atom. The van der Waals surface area contributed by atoms with Gasteiger partial charge in [0, 0.05) is 11.5 Å². The standard InChI is InChI=1S/C12H13O2.ClHO4/c1-8-6-10-4-5-11(13-3)7-12(10)9(2)14-8;2-1(3,4)5/h4-7H,1-3H3;(H,2,3,4,5)/q+1;/p-1. The van der Waals surface area contributed by atoms with Crippen LogP contribution in [0.4, 0.5) is 0 Å². The molecule has 0 saturated carbocycles. The summed E-state index contributed by atoms with van der Waals surface area (Å²) in [4.78, 5) is 0. The maximum absolute atomic E-state index is 8.49. The number of halogens is 1. The van der Waals surface area contributed by atoms with Crippen LogP contribution in [0, 0.1) is 24.1 Å². The molecule has 0 atom stereocenters. The van der Waals surface area contributed by atoms with E-state index >= 15 is 0 Å². The maximum Gasteiger partial charge on any atom is 0.334 e. The Bertz CT molecular complexity index is 558. The molecule has 19 heavy (non-hydrogen) atoms. The van der Waals surface area contributed by atoms with Crippen LogP contribution >= 0.6 is 0 Å². The van der Waals surface area contributed by atoms with Gasteiger partial charge >= 0.3 is 11.5 Å². The number of methoxy groups -OCH3 is 1. The first-order chi connectivity index (χ1) is 8.70. The highest BCUT2D eigenvalue weighted by molar-refractivity contribution is 5.85. The summed E-state index contributed by atoms with van der Waals surface area (Å²) in [7, 11) is -3.28. The summed E-state index contributed by atoms with van der Waals surface area (Å²) in [6, 6.07) is 8.03. The summed E-state index contributed by atoms with van der Waals surface area (Å²) in [5, 5.41) is 2.29. The number of benzene rings is 1. The van der Waals surface area contributed by atoms with Gasteiger partial charge in [-0.15, -0.1) is 10.2 Å². The minimum atomic E-state index is -4.94. The molecule has 0 aliphatic carbocycles. The van der Waals surface area contributed by atoms with Gasteiger partial charge in [-0.05, 0) is 12.1 Å². The lowest BCUT2D eigenvalue weighted by molar-refractivity contribution is -2.00. The highest BCUT2D eigenvalue weighted by atomic mass is 35.7. The Kier molecular flexibility index (Phi) is 5.04. The highest BCUT2D eigenvalue weighted by Crippen LogP contribution is 2.24. The molecular weight excluding hydrogens is 276 g/mol. The van der Waals surface area contributed by atoms with Crippen LogP contribution in [0.3, 0.4) is 0 Å². The van der Waals surface area contributed by atoms with Gasteiger partial charge in [-0.1, -0.05) is 6.07 Å². The second-order valence-corrected chi connectivity index (χ2v) is 4.50. The molecule has 0 N–H and O–H groups in total. The lowest BCUT2D eigenvalue weighted by Gasteiger charge is -2.17. The molecule has 1 aromatic carbocycles. The van der Waals surface area contributed by atoms with Crippen LogP contribution in [-0.2, 0) is 0 Å². The Labute approximate surface area is 112 Å². The minimum Gasteiger partial charge on any atom is -0.497 e. The monoisotopic (exact) mass is 288 g/mol. The van der Waals surface area contributed by atoms with Gasteiger partial charge in [0.25, 0.3) is 0 Å². The van der Waals surface area contributed by atoms with E-state index in [1.165, 1.54) is 5.39 Å². The van der Waals surface area contributed by atoms with Crippen molar-refractivity contribution < 1.29 is 38.0 Å². The molecule has 104 valence electrons. The van der Waals surface area contributed by atoms with Crippen LogP contribution in [0.1, 0.15) is 11.5 Å². The second kappa shape index (κ2) is 6.14. The molecule has 7 heteroatoms. The number of aryl methyl sites for hydroxylation is 2. The quantitative estimate of drug-likeness (QED) is 0.595. The van der Waals surface area contributed by atoms with Crippen molar-refractivity contribution in [2.24, 2.45) is 0 Å². The summed E-state index contributed by atoms with van der Waals surface area (Å²) >= 11 is 0. The predicted molar refractivity (Wildman–Crippen MR) is 56.6 cm³/mol. The van der Waals surface area contributed by atoms with Crippen LogP contribution in [0.5, 0.6) is 5.75 Å². The van der Waals surface area contributed by atoms with E-state index in [9.17, 15) is 0 Å². The first kappa shape index (κ1) is 15.6. The van der Waals surface area contributed by atoms with Crippen LogP contribution in [-0.4, -0.2) is 7.11 Å². The summed E-state index contributed by atoms with van der Waals surface area (Å²) in [6.07, 6.45) is 0. The predicted octanol–water partition coefficient (Wildman–Crippen LogP) is -1.42. The van der Waals surface area contributed by atoms with Crippen molar-refractivity contribution in [3.05, 3.63) is 35.8 Å². The molecule has 6 nitrogen and oxygen atoms in total. The average molecular weight is 289 g/mol. The number of rotatable bonds is 1. The first-order valence-electron chi connectivity index (χ1n) is 5.20. The van der Waals surface area contributed by atoms with Gasteiger partial charge in [0.1, 0.15) is 5.75 Å². The van der Waals surface area contributed by atoms with Crippen LogP contribution in [0.25, 0.3) is 10.8 Å². The van der Waals surface area contributed by atoms with Gasteiger partial charge in [0.2, 0.25) is 0 Å². The molecule has 2 aromatic rings. The van der Waals surface area contributed by atoms with Gasteiger partial charge in [-0.25, -0.2) is 23.1 Å². The summed E-state index contributed by atoms with van der Waals surface area (Å²) < 4.78 is 44.7. The normalized spacial score (nSPS) is 10.9. The first-order valence-corrected chi connectivity index (χ1v) is 6.44. The molecule has 0 bridgehead atoms. The molecule has 0 spiro atoms. The maximum atomic E-state index is 8.49. The van der Waals surface area contributed by atoms with Gasteiger partial charge in [0.15, 0.2) is 0 Å². The molecule has 0 saturated heterocycles. The topological polar surface area (TPSA) is 113 Å². The molecule has 0 unspecified atom stereocenters. The fourth-order valence-corrected chi connectivity index (χ4v) is 1.64. The van der Waals surface area contributed by atoms with Crippen molar-refractivity contribution >= 4 is 10.8 Å². The van der Waals surface area contributed by atoms with E-state index in [0.29, 0.717) is 0 Å². The molecule has 2 rings (SSSR count). The van der Waals surface area contributed by atoms with Gasteiger partial charge < -0.3 is 4.74 Å². The van der Waals surface area contributed by atoms with Crippen LogP contribution in [0.2, 0.25) is 0 Å². The molecule has 0 radical (unpaired) electrons. The number of hydrogen-bond acceptors (Lipinski definition) is 5. The van der Waals surface area contributed by atoms with E-state index in [1.807, 2.05) is 38.1 Å². The highest BCUT2D eigenvalue weighted by Gasteiger charge is 2.11. The van der Waals surface area contributed by atoms with Gasteiger partial charge in [0.05, 0.1) is 26.3 Å². The van der Waals surface area contributed by atoms with E-state index in [4.69, 9.17) is 27.8 Å². The van der Waals surface area contributed by atoms with Crippen molar-refractivity contribution in [1.29, 1.82) is 0 Å². The van der Waals surface area contributed by atoms with E-state index < -0.39 is 10.2 Å². The smallest absolute Gasteiger partial charge is 0.334 e. The SMILES string of the molecule is COc1ccc2cc(C)[o+]c(C)c2c1.[O-][Cl+3]([O-])([O-])[O-].